The molecule has 212 valence electrons. The van der Waals surface area contributed by atoms with Crippen LogP contribution in [0.1, 0.15) is 18.1 Å². The van der Waals surface area contributed by atoms with Gasteiger partial charge in [-0.2, -0.15) is 0 Å². The molecule has 45 heavy (non-hydrogen) atoms. The second-order valence-corrected chi connectivity index (χ2v) is 12.5. The van der Waals surface area contributed by atoms with Crippen LogP contribution in [0.15, 0.2) is 138 Å². The number of hydrogen-bond acceptors (Lipinski definition) is 4. The van der Waals surface area contributed by atoms with Crippen molar-refractivity contribution in [1.29, 1.82) is 0 Å². The Labute approximate surface area is 263 Å². The minimum Gasteiger partial charge on any atom is -0.436 e. The summed E-state index contributed by atoms with van der Waals surface area (Å²) >= 11 is 1.86. The standard InChI is InChI=1S/C41H26N2OS/c1-24(11-9-12-25(2)27-18-10-19-33-30-15-7-8-20-36(30)45-40(27)33)26-21-22-35-34(23-26)39-41(44-35)43-38-32-17-6-4-14-29(32)28-13-3-5-16-31(28)37(38)42-39/h3-23H,1H2,2H3/b11-9-,25-12+. The lowest BCUT2D eigenvalue weighted by Gasteiger charge is -2.08. The lowest BCUT2D eigenvalue weighted by molar-refractivity contribution is 0.655. The highest BCUT2D eigenvalue weighted by atomic mass is 32.1. The van der Waals surface area contributed by atoms with Gasteiger partial charge in [0.2, 0.25) is 5.71 Å². The van der Waals surface area contributed by atoms with E-state index < -0.39 is 0 Å². The molecule has 4 heteroatoms. The van der Waals surface area contributed by atoms with Crippen molar-refractivity contribution in [3.8, 4) is 0 Å². The molecular weight excluding hydrogens is 569 g/mol. The number of thiophene rings is 1. The minimum absolute atomic E-state index is 0.546. The molecule has 0 saturated carbocycles. The van der Waals surface area contributed by atoms with Crippen molar-refractivity contribution in [2.45, 2.75) is 6.92 Å². The van der Waals surface area contributed by atoms with Crippen molar-refractivity contribution in [2.75, 3.05) is 0 Å². The molecule has 3 heterocycles. The minimum atomic E-state index is 0.546. The number of nitrogens with zero attached hydrogens (tertiary/aromatic N) is 2. The first-order valence-electron chi connectivity index (χ1n) is 15.0. The van der Waals surface area contributed by atoms with Crippen LogP contribution in [-0.2, 0) is 0 Å². The van der Waals surface area contributed by atoms with Gasteiger partial charge in [-0.25, -0.2) is 9.97 Å². The van der Waals surface area contributed by atoms with Crippen LogP contribution in [-0.4, -0.2) is 9.97 Å². The van der Waals surface area contributed by atoms with Gasteiger partial charge >= 0.3 is 0 Å². The molecule has 0 amide bonds. The summed E-state index contributed by atoms with van der Waals surface area (Å²) in [6.45, 7) is 6.56. The van der Waals surface area contributed by atoms with Crippen molar-refractivity contribution in [3.63, 3.8) is 0 Å². The Balaban J connectivity index is 1.10. The molecule has 0 unspecified atom stereocenters. The van der Waals surface area contributed by atoms with Crippen LogP contribution >= 0.6 is 11.3 Å². The van der Waals surface area contributed by atoms with Crippen LogP contribution < -0.4 is 0 Å². The topological polar surface area (TPSA) is 38.9 Å². The second-order valence-electron chi connectivity index (χ2n) is 11.5. The van der Waals surface area contributed by atoms with Gasteiger partial charge < -0.3 is 4.42 Å². The smallest absolute Gasteiger partial charge is 0.246 e. The summed E-state index contributed by atoms with van der Waals surface area (Å²) in [6.07, 6.45) is 6.33. The fourth-order valence-corrected chi connectivity index (χ4v) is 7.83. The van der Waals surface area contributed by atoms with Crippen molar-refractivity contribution < 1.29 is 4.42 Å². The Morgan fingerprint density at radius 3 is 2.11 bits per heavy atom. The predicted octanol–water partition coefficient (Wildman–Crippen LogP) is 11.9. The zero-order valence-corrected chi connectivity index (χ0v) is 25.4. The number of furan rings is 1. The van der Waals surface area contributed by atoms with E-state index in [-0.39, 0.29) is 0 Å². The highest BCUT2D eigenvalue weighted by Crippen LogP contribution is 2.39. The van der Waals surface area contributed by atoms with E-state index in [0.717, 1.165) is 49.4 Å². The monoisotopic (exact) mass is 594 g/mol. The molecule has 3 nitrogen and oxygen atoms in total. The summed E-state index contributed by atoms with van der Waals surface area (Å²) in [7, 11) is 0. The summed E-state index contributed by atoms with van der Waals surface area (Å²) in [5, 5.41) is 8.07. The lowest BCUT2D eigenvalue weighted by Crippen LogP contribution is -1.89. The zero-order chi connectivity index (χ0) is 30.1. The lowest BCUT2D eigenvalue weighted by atomic mass is 9.99. The van der Waals surface area contributed by atoms with Crippen LogP contribution in [0.4, 0.5) is 0 Å². The van der Waals surface area contributed by atoms with Gasteiger partial charge in [-0.1, -0.05) is 116 Å². The molecule has 9 aromatic rings. The fraction of sp³-hybridized carbons (Fsp3) is 0.0244. The molecule has 0 bridgehead atoms. The third-order valence-corrected chi connectivity index (χ3v) is 10.0. The average molecular weight is 595 g/mol. The van der Waals surface area contributed by atoms with Crippen molar-refractivity contribution in [3.05, 3.63) is 145 Å². The van der Waals surface area contributed by atoms with Crippen molar-refractivity contribution in [2.24, 2.45) is 0 Å². The van der Waals surface area contributed by atoms with E-state index in [1.807, 2.05) is 23.5 Å². The second kappa shape index (κ2) is 9.98. The zero-order valence-electron chi connectivity index (χ0n) is 24.5. The van der Waals surface area contributed by atoms with Gasteiger partial charge in [-0.15, -0.1) is 11.3 Å². The maximum Gasteiger partial charge on any atom is 0.246 e. The average Bonchev–Trinajstić information content (AvgIpc) is 3.65. The van der Waals surface area contributed by atoms with E-state index >= 15 is 0 Å². The molecule has 0 N–H and O–H groups in total. The quantitative estimate of drug-likeness (QED) is 0.150. The van der Waals surface area contributed by atoms with Crippen molar-refractivity contribution >= 4 is 97.4 Å². The Bertz CT molecular complexity index is 2740. The maximum atomic E-state index is 6.24. The summed E-state index contributed by atoms with van der Waals surface area (Å²) in [6, 6.07) is 38.2. The van der Waals surface area contributed by atoms with E-state index in [4.69, 9.17) is 14.4 Å². The molecule has 3 aromatic heterocycles. The molecule has 0 spiro atoms. The largest absolute Gasteiger partial charge is 0.436 e. The van der Waals surface area contributed by atoms with E-state index in [0.29, 0.717) is 5.71 Å². The van der Waals surface area contributed by atoms with Gasteiger partial charge in [0.1, 0.15) is 16.6 Å². The highest BCUT2D eigenvalue weighted by molar-refractivity contribution is 7.26. The molecule has 0 fully saturated rings. The van der Waals surface area contributed by atoms with E-state index in [2.05, 4.69) is 129 Å². The fourth-order valence-electron chi connectivity index (χ4n) is 6.55. The van der Waals surface area contributed by atoms with Crippen molar-refractivity contribution in [1.82, 2.24) is 9.97 Å². The first-order valence-corrected chi connectivity index (χ1v) is 15.8. The Morgan fingerprint density at radius 1 is 0.667 bits per heavy atom. The molecular formula is C41H26N2OS. The summed E-state index contributed by atoms with van der Waals surface area (Å²) in [5.74, 6) is 0. The summed E-state index contributed by atoms with van der Waals surface area (Å²) in [4.78, 5) is 10.2. The highest BCUT2D eigenvalue weighted by Gasteiger charge is 2.17. The molecule has 0 radical (unpaired) electrons. The van der Waals surface area contributed by atoms with E-state index in [9.17, 15) is 0 Å². The summed E-state index contributed by atoms with van der Waals surface area (Å²) < 4.78 is 8.89. The van der Waals surface area contributed by atoms with Crippen LogP contribution in [0.5, 0.6) is 0 Å². The molecule has 9 rings (SSSR count). The number of benzene rings is 6. The number of aromatic nitrogens is 2. The molecule has 0 saturated heterocycles. The normalized spacial score (nSPS) is 12.7. The van der Waals surface area contributed by atoms with E-state index in [1.54, 1.807) is 0 Å². The number of rotatable bonds is 4. The Hall–Kier alpha value is -5.58. The van der Waals surface area contributed by atoms with Gasteiger partial charge in [0, 0.05) is 36.3 Å². The van der Waals surface area contributed by atoms with E-state index in [1.165, 1.54) is 42.1 Å². The molecule has 0 aliphatic rings. The Kier molecular flexibility index (Phi) is 5.74. The van der Waals surface area contributed by atoms with Crippen LogP contribution in [0.2, 0.25) is 0 Å². The van der Waals surface area contributed by atoms with Crippen LogP contribution in [0.25, 0.3) is 86.1 Å². The first kappa shape index (κ1) is 25.9. The molecule has 0 atom stereocenters. The van der Waals surface area contributed by atoms with Gasteiger partial charge in [0.25, 0.3) is 0 Å². The third kappa shape index (κ3) is 4.03. The molecule has 6 aromatic carbocycles. The van der Waals surface area contributed by atoms with Gasteiger partial charge in [0.15, 0.2) is 0 Å². The molecule has 0 aliphatic heterocycles. The number of allylic oxidation sites excluding steroid dienone is 5. The molecule has 0 aliphatic carbocycles. The summed E-state index contributed by atoms with van der Waals surface area (Å²) in [5.41, 5.74) is 8.24. The van der Waals surface area contributed by atoms with Crippen LogP contribution in [0, 0.1) is 0 Å². The SMILES string of the molecule is C=C(/C=C\C=C(/C)c1cccc2c1sc1ccccc12)c1ccc2oc3nc4c5ccccc5c5ccccc5c4nc3c2c1. The van der Waals surface area contributed by atoms with Gasteiger partial charge in [-0.3, -0.25) is 0 Å². The van der Waals surface area contributed by atoms with Gasteiger partial charge in [0.05, 0.1) is 5.52 Å². The number of fused-ring (bicyclic) bond motifs is 12. The van der Waals surface area contributed by atoms with Crippen LogP contribution in [0.3, 0.4) is 0 Å². The maximum absolute atomic E-state index is 6.24. The van der Waals surface area contributed by atoms with Gasteiger partial charge in [-0.05, 0) is 58.2 Å². The number of hydrogen-bond donors (Lipinski definition) is 0. The third-order valence-electron chi connectivity index (χ3n) is 8.80. The predicted molar refractivity (Wildman–Crippen MR) is 193 cm³/mol. The first-order chi connectivity index (χ1) is 22.1. The Morgan fingerprint density at radius 2 is 1.33 bits per heavy atom.